The zero-order valence-electron chi connectivity index (χ0n) is 9.23. The van der Waals surface area contributed by atoms with Crippen molar-refractivity contribution >= 4 is 5.69 Å². The van der Waals surface area contributed by atoms with Gasteiger partial charge in [-0.15, -0.1) is 0 Å². The van der Waals surface area contributed by atoms with Crippen LogP contribution in [0.25, 0.3) is 0 Å². The normalized spacial score (nSPS) is 35.7. The maximum atomic E-state index is 5.85. The first-order valence-corrected chi connectivity index (χ1v) is 5.08. The molecule has 1 aliphatic rings. The van der Waals surface area contributed by atoms with Crippen molar-refractivity contribution in [2.75, 3.05) is 5.73 Å². The molecule has 0 bridgehead atoms. The lowest BCUT2D eigenvalue weighted by Gasteiger charge is -2.24. The summed E-state index contributed by atoms with van der Waals surface area (Å²) in [5.41, 5.74) is 7.29. The van der Waals surface area contributed by atoms with Crippen LogP contribution in [0.5, 0.6) is 0 Å². The van der Waals surface area contributed by atoms with Crippen LogP contribution in [0.4, 0.5) is 5.69 Å². The molecule has 82 valence electrons. The highest BCUT2D eigenvalue weighted by Crippen LogP contribution is 2.38. The highest BCUT2D eigenvalue weighted by molar-refractivity contribution is 5.46. The molecule has 0 saturated carbocycles. The summed E-state index contributed by atoms with van der Waals surface area (Å²) in [5.74, 6) is -0.744. The number of nitrogens with zero attached hydrogens (tertiary/aromatic N) is 1. The fraction of sp³-hybridized carbons (Fsp3) is 0.545. The number of nitrogens with two attached hydrogens (primary N) is 1. The molecule has 4 nitrogen and oxygen atoms in total. The van der Waals surface area contributed by atoms with Gasteiger partial charge in [0.25, 0.3) is 0 Å². The molecule has 0 aromatic carbocycles. The minimum absolute atomic E-state index is 0.0718. The quantitative estimate of drug-likeness (QED) is 0.762. The summed E-state index contributed by atoms with van der Waals surface area (Å²) in [6, 6.07) is 1.83. The van der Waals surface area contributed by atoms with E-state index in [0.717, 1.165) is 5.56 Å². The van der Waals surface area contributed by atoms with E-state index < -0.39 is 5.79 Å². The van der Waals surface area contributed by atoms with E-state index in [-0.39, 0.29) is 12.2 Å². The van der Waals surface area contributed by atoms with Crippen LogP contribution in [0.2, 0.25) is 0 Å². The summed E-state index contributed by atoms with van der Waals surface area (Å²) in [5, 5.41) is 0. The van der Waals surface area contributed by atoms with Gasteiger partial charge in [0.15, 0.2) is 5.79 Å². The van der Waals surface area contributed by atoms with Crippen LogP contribution >= 0.6 is 0 Å². The molecule has 1 aromatic rings. The summed E-state index contributed by atoms with van der Waals surface area (Å²) >= 11 is 0. The molecule has 2 N–H and O–H groups in total. The zero-order valence-corrected chi connectivity index (χ0v) is 9.23. The molecular formula is C11H16N2O2. The van der Waals surface area contributed by atoms with Crippen molar-refractivity contribution in [1.29, 1.82) is 0 Å². The number of hydrogen-bond donors (Lipinski definition) is 1. The van der Waals surface area contributed by atoms with Gasteiger partial charge in [-0.25, -0.2) is 0 Å². The maximum absolute atomic E-state index is 5.85. The molecule has 0 spiro atoms. The van der Waals surface area contributed by atoms with Crippen LogP contribution in [-0.2, 0) is 15.3 Å². The molecule has 4 heteroatoms. The van der Waals surface area contributed by atoms with E-state index >= 15 is 0 Å². The van der Waals surface area contributed by atoms with Crippen LogP contribution in [0, 0.1) is 0 Å². The maximum Gasteiger partial charge on any atom is 0.194 e. The van der Waals surface area contributed by atoms with Gasteiger partial charge in [-0.3, -0.25) is 4.98 Å². The number of rotatable bonds is 1. The first-order chi connectivity index (χ1) is 7.03. The Kier molecular flexibility index (Phi) is 2.40. The van der Waals surface area contributed by atoms with E-state index in [1.54, 1.807) is 12.4 Å². The summed E-state index contributed by atoms with van der Waals surface area (Å²) < 4.78 is 11.6. The Balaban J connectivity index is 2.35. The molecule has 0 aliphatic carbocycles. The molecule has 1 saturated heterocycles. The molecule has 2 unspecified atom stereocenters. The standard InChI is InChI=1S/C11H16N2O2/c1-7-8(2)15-11(3,14-7)9-4-5-13-6-10(9)12/h4-8H,12H2,1-3H3. The lowest BCUT2D eigenvalue weighted by molar-refractivity contribution is -0.166. The van der Waals surface area contributed by atoms with Crippen LogP contribution in [-0.4, -0.2) is 17.2 Å². The van der Waals surface area contributed by atoms with E-state index in [1.807, 2.05) is 26.8 Å². The summed E-state index contributed by atoms with van der Waals surface area (Å²) in [7, 11) is 0. The third-order valence-corrected chi connectivity index (χ3v) is 2.82. The van der Waals surface area contributed by atoms with Crippen molar-refractivity contribution in [2.45, 2.75) is 38.8 Å². The lowest BCUT2D eigenvalue weighted by Crippen LogP contribution is -2.25. The molecule has 2 rings (SSSR count). The topological polar surface area (TPSA) is 57.4 Å². The Morgan fingerprint density at radius 3 is 2.47 bits per heavy atom. The van der Waals surface area contributed by atoms with E-state index in [4.69, 9.17) is 15.2 Å². The second-order valence-corrected chi connectivity index (χ2v) is 4.05. The average Bonchev–Trinajstić information content (AvgIpc) is 2.42. The predicted molar refractivity (Wildman–Crippen MR) is 57.1 cm³/mol. The number of aromatic nitrogens is 1. The van der Waals surface area contributed by atoms with Crippen molar-refractivity contribution in [2.24, 2.45) is 0 Å². The van der Waals surface area contributed by atoms with Gasteiger partial charge in [0.2, 0.25) is 0 Å². The van der Waals surface area contributed by atoms with Crippen LogP contribution in [0.3, 0.4) is 0 Å². The molecule has 0 amide bonds. The third kappa shape index (κ3) is 1.70. The van der Waals surface area contributed by atoms with E-state index in [2.05, 4.69) is 4.98 Å². The average molecular weight is 208 g/mol. The number of nitrogen functional groups attached to an aromatic ring is 1. The summed E-state index contributed by atoms with van der Waals surface area (Å²) in [4.78, 5) is 3.95. The van der Waals surface area contributed by atoms with Crippen molar-refractivity contribution < 1.29 is 9.47 Å². The minimum atomic E-state index is -0.744. The fourth-order valence-corrected chi connectivity index (χ4v) is 1.88. The van der Waals surface area contributed by atoms with Gasteiger partial charge in [0.1, 0.15) is 0 Å². The van der Waals surface area contributed by atoms with E-state index in [0.29, 0.717) is 5.69 Å². The lowest BCUT2D eigenvalue weighted by atomic mass is 10.1. The van der Waals surface area contributed by atoms with Gasteiger partial charge in [-0.05, 0) is 26.8 Å². The number of ether oxygens (including phenoxy) is 2. The molecule has 2 heterocycles. The fourth-order valence-electron chi connectivity index (χ4n) is 1.88. The van der Waals surface area contributed by atoms with Crippen LogP contribution in [0.15, 0.2) is 18.5 Å². The monoisotopic (exact) mass is 208 g/mol. The molecule has 0 radical (unpaired) electrons. The third-order valence-electron chi connectivity index (χ3n) is 2.82. The Bertz CT molecular complexity index is 357. The van der Waals surface area contributed by atoms with Gasteiger partial charge in [-0.2, -0.15) is 0 Å². The molecule has 1 aliphatic heterocycles. The van der Waals surface area contributed by atoms with E-state index in [1.165, 1.54) is 0 Å². The molecule has 15 heavy (non-hydrogen) atoms. The first-order valence-electron chi connectivity index (χ1n) is 5.08. The van der Waals surface area contributed by atoms with Crippen molar-refractivity contribution in [3.8, 4) is 0 Å². The Morgan fingerprint density at radius 1 is 1.33 bits per heavy atom. The molecular weight excluding hydrogens is 192 g/mol. The van der Waals surface area contributed by atoms with Crippen molar-refractivity contribution in [3.63, 3.8) is 0 Å². The first kappa shape index (κ1) is 10.4. The smallest absolute Gasteiger partial charge is 0.194 e. The largest absolute Gasteiger partial charge is 0.397 e. The number of hydrogen-bond acceptors (Lipinski definition) is 4. The second kappa shape index (κ2) is 3.47. The van der Waals surface area contributed by atoms with Crippen LogP contribution < -0.4 is 5.73 Å². The minimum Gasteiger partial charge on any atom is -0.397 e. The number of anilines is 1. The van der Waals surface area contributed by atoms with Crippen molar-refractivity contribution in [3.05, 3.63) is 24.0 Å². The predicted octanol–water partition coefficient (Wildman–Crippen LogP) is 1.66. The van der Waals surface area contributed by atoms with Crippen LogP contribution in [0.1, 0.15) is 26.3 Å². The van der Waals surface area contributed by atoms with Gasteiger partial charge in [0, 0.05) is 11.8 Å². The Hall–Kier alpha value is -1.13. The SMILES string of the molecule is CC1OC(C)(c2ccncc2N)OC1C. The Morgan fingerprint density at radius 2 is 1.93 bits per heavy atom. The van der Waals surface area contributed by atoms with Gasteiger partial charge in [0.05, 0.1) is 24.1 Å². The molecule has 1 aromatic heterocycles. The summed E-state index contributed by atoms with van der Waals surface area (Å²) in [6.07, 6.45) is 3.45. The molecule has 2 atom stereocenters. The highest BCUT2D eigenvalue weighted by Gasteiger charge is 2.42. The van der Waals surface area contributed by atoms with Crippen molar-refractivity contribution in [1.82, 2.24) is 4.98 Å². The molecule has 1 fully saturated rings. The zero-order chi connectivity index (χ0) is 11.1. The summed E-state index contributed by atoms with van der Waals surface area (Å²) in [6.45, 7) is 5.87. The van der Waals surface area contributed by atoms with E-state index in [9.17, 15) is 0 Å². The Labute approximate surface area is 89.4 Å². The highest BCUT2D eigenvalue weighted by atomic mass is 16.8. The number of pyridine rings is 1. The van der Waals surface area contributed by atoms with Gasteiger partial charge in [-0.1, -0.05) is 0 Å². The second-order valence-electron chi connectivity index (χ2n) is 4.05. The van der Waals surface area contributed by atoms with Gasteiger partial charge < -0.3 is 15.2 Å². The van der Waals surface area contributed by atoms with Gasteiger partial charge >= 0.3 is 0 Å².